The zero-order valence-corrected chi connectivity index (χ0v) is 6.96. The van der Waals surface area contributed by atoms with Gasteiger partial charge in [0.25, 0.3) is 0 Å². The van der Waals surface area contributed by atoms with Crippen LogP contribution in [-0.2, 0) is 16.0 Å². The maximum atomic E-state index is 11.0. The molecule has 0 saturated carbocycles. The van der Waals surface area contributed by atoms with Gasteiger partial charge in [-0.15, -0.1) is 0 Å². The molecule has 0 saturated heterocycles. The molecule has 12 heavy (non-hydrogen) atoms. The number of aromatic nitrogens is 2. The predicted octanol–water partition coefficient (Wildman–Crippen LogP) is 0.706. The first-order chi connectivity index (χ1) is 5.83. The van der Waals surface area contributed by atoms with E-state index in [0.29, 0.717) is 12.4 Å². The number of hydrogen-bond acceptors (Lipinski definition) is 3. The van der Waals surface area contributed by atoms with Crippen LogP contribution in [0.5, 0.6) is 0 Å². The van der Waals surface area contributed by atoms with E-state index in [1.54, 1.807) is 6.20 Å². The molecule has 1 N–H and O–H groups in total. The zero-order valence-electron chi connectivity index (χ0n) is 6.96. The first-order valence-electron chi connectivity index (χ1n) is 3.89. The number of nitrogens with one attached hydrogen (secondary N) is 1. The molecule has 0 aromatic carbocycles. The quantitative estimate of drug-likeness (QED) is 0.672. The van der Waals surface area contributed by atoms with Crippen molar-refractivity contribution in [2.75, 3.05) is 6.61 Å². The zero-order chi connectivity index (χ0) is 8.81. The van der Waals surface area contributed by atoms with Gasteiger partial charge in [0, 0.05) is 6.20 Å². The number of imidazole rings is 1. The second kappa shape index (κ2) is 4.54. The molecule has 0 amide bonds. The number of nitrogens with zero attached hydrogens (tertiary/aromatic N) is 1. The Kier molecular flexibility index (Phi) is 3.32. The number of ether oxygens (including phenoxy) is 1. The fourth-order valence-electron chi connectivity index (χ4n) is 0.752. The lowest BCUT2D eigenvalue weighted by Gasteiger charge is -1.99. The number of esters is 1. The highest BCUT2D eigenvalue weighted by atomic mass is 16.5. The van der Waals surface area contributed by atoms with E-state index in [9.17, 15) is 4.79 Å². The van der Waals surface area contributed by atoms with Crippen molar-refractivity contribution in [2.45, 2.75) is 19.8 Å². The highest BCUT2D eigenvalue weighted by Crippen LogP contribution is 1.92. The van der Waals surface area contributed by atoms with Crippen molar-refractivity contribution in [3.8, 4) is 0 Å². The lowest BCUT2D eigenvalue weighted by atomic mass is 10.4. The Hall–Kier alpha value is -1.32. The van der Waals surface area contributed by atoms with E-state index in [-0.39, 0.29) is 12.4 Å². The Labute approximate surface area is 71.0 Å². The lowest BCUT2D eigenvalue weighted by Crippen LogP contribution is -2.09. The monoisotopic (exact) mass is 167 g/mol. The molecule has 0 aliphatic carbocycles. The minimum Gasteiger partial charge on any atom is -0.465 e. The molecule has 1 radical (unpaired) electrons. The second-order valence-corrected chi connectivity index (χ2v) is 2.37. The van der Waals surface area contributed by atoms with Gasteiger partial charge in [-0.3, -0.25) is 4.79 Å². The minimum atomic E-state index is -0.250. The van der Waals surface area contributed by atoms with Gasteiger partial charge in [0.15, 0.2) is 0 Å². The number of rotatable bonds is 4. The van der Waals surface area contributed by atoms with E-state index in [4.69, 9.17) is 4.74 Å². The molecule has 0 fully saturated rings. The summed E-state index contributed by atoms with van der Waals surface area (Å²) in [6.45, 7) is 2.43. The van der Waals surface area contributed by atoms with Gasteiger partial charge < -0.3 is 9.72 Å². The van der Waals surface area contributed by atoms with Crippen LogP contribution in [0.4, 0.5) is 0 Å². The Balaban J connectivity index is 2.27. The van der Waals surface area contributed by atoms with Crippen LogP contribution in [0.15, 0.2) is 6.20 Å². The summed E-state index contributed by atoms with van der Waals surface area (Å²) >= 11 is 0. The normalized spacial score (nSPS) is 9.75. The Bertz CT molecular complexity index is 231. The average Bonchev–Trinajstić information content (AvgIpc) is 2.53. The third-order valence-corrected chi connectivity index (χ3v) is 1.28. The fourth-order valence-corrected chi connectivity index (χ4v) is 0.752. The van der Waals surface area contributed by atoms with E-state index in [1.165, 1.54) is 0 Å². The average molecular weight is 167 g/mol. The molecule has 1 aromatic rings. The smallest absolute Gasteiger partial charge is 0.313 e. The second-order valence-electron chi connectivity index (χ2n) is 2.37. The van der Waals surface area contributed by atoms with Gasteiger partial charge in [-0.25, -0.2) is 4.98 Å². The third-order valence-electron chi connectivity index (χ3n) is 1.28. The summed E-state index contributed by atoms with van der Waals surface area (Å²) < 4.78 is 4.85. The van der Waals surface area contributed by atoms with Crippen molar-refractivity contribution < 1.29 is 9.53 Å². The van der Waals surface area contributed by atoms with Gasteiger partial charge in [0.1, 0.15) is 18.4 Å². The molecule has 1 rings (SSSR count). The summed E-state index contributed by atoms with van der Waals surface area (Å²) in [5.41, 5.74) is 0. The van der Waals surface area contributed by atoms with Gasteiger partial charge in [0.05, 0.1) is 6.61 Å². The van der Waals surface area contributed by atoms with Crippen LogP contribution in [0.2, 0.25) is 0 Å². The van der Waals surface area contributed by atoms with Crippen LogP contribution in [0.1, 0.15) is 19.2 Å². The number of hydrogen-bond donors (Lipinski definition) is 1. The van der Waals surface area contributed by atoms with E-state index in [0.717, 1.165) is 6.42 Å². The Morgan fingerprint density at radius 2 is 2.67 bits per heavy atom. The molecular weight excluding hydrogens is 156 g/mol. The first kappa shape index (κ1) is 8.77. The van der Waals surface area contributed by atoms with Crippen molar-refractivity contribution in [3.05, 3.63) is 18.2 Å². The van der Waals surface area contributed by atoms with Crippen molar-refractivity contribution in [2.24, 2.45) is 0 Å². The summed E-state index contributed by atoms with van der Waals surface area (Å²) in [5.74, 6) is 0.344. The van der Waals surface area contributed by atoms with E-state index in [1.807, 2.05) is 6.92 Å². The van der Waals surface area contributed by atoms with Crippen LogP contribution < -0.4 is 0 Å². The summed E-state index contributed by atoms with van der Waals surface area (Å²) in [5, 5.41) is 0. The summed E-state index contributed by atoms with van der Waals surface area (Å²) in [6.07, 6.45) is 5.18. The topological polar surface area (TPSA) is 55.0 Å². The molecule has 0 bridgehead atoms. The molecule has 0 spiro atoms. The summed E-state index contributed by atoms with van der Waals surface area (Å²) in [4.78, 5) is 17.5. The maximum absolute atomic E-state index is 11.0. The molecule has 4 heteroatoms. The standard InChI is InChI=1S/C8H11N2O2/c1-2-5-12-8(11)6-7-9-3-4-10-7/h3H,2,5-6H2,1H3,(H,9,10). The lowest BCUT2D eigenvalue weighted by molar-refractivity contribution is -0.142. The van der Waals surface area contributed by atoms with Crippen molar-refractivity contribution >= 4 is 5.97 Å². The maximum Gasteiger partial charge on any atom is 0.313 e. The molecule has 0 unspecified atom stereocenters. The Morgan fingerprint density at radius 1 is 1.83 bits per heavy atom. The fraction of sp³-hybridized carbons (Fsp3) is 0.500. The number of aromatic amines is 1. The van der Waals surface area contributed by atoms with Gasteiger partial charge in [-0.1, -0.05) is 6.92 Å². The van der Waals surface area contributed by atoms with Crippen LogP contribution in [0.25, 0.3) is 0 Å². The van der Waals surface area contributed by atoms with Gasteiger partial charge >= 0.3 is 5.97 Å². The molecule has 1 heterocycles. The van der Waals surface area contributed by atoms with Crippen LogP contribution in [-0.4, -0.2) is 22.5 Å². The summed E-state index contributed by atoms with van der Waals surface area (Å²) in [7, 11) is 0. The molecule has 1 aromatic heterocycles. The van der Waals surface area contributed by atoms with Gasteiger partial charge in [-0.2, -0.15) is 0 Å². The molecule has 0 atom stereocenters. The minimum absolute atomic E-state index is 0.198. The van der Waals surface area contributed by atoms with Crippen LogP contribution in [0, 0.1) is 6.20 Å². The molecule has 0 aliphatic heterocycles. The van der Waals surface area contributed by atoms with Crippen molar-refractivity contribution in [1.82, 2.24) is 9.97 Å². The summed E-state index contributed by atoms with van der Waals surface area (Å²) in [6, 6.07) is 0. The predicted molar refractivity (Wildman–Crippen MR) is 42.4 cm³/mol. The Morgan fingerprint density at radius 3 is 3.25 bits per heavy atom. The molecule has 65 valence electrons. The highest BCUT2D eigenvalue weighted by Gasteiger charge is 2.04. The highest BCUT2D eigenvalue weighted by molar-refractivity contribution is 5.71. The van der Waals surface area contributed by atoms with Gasteiger partial charge in [-0.05, 0) is 6.42 Å². The van der Waals surface area contributed by atoms with Crippen molar-refractivity contribution in [3.63, 3.8) is 0 Å². The molecular formula is C8H11N2O2. The van der Waals surface area contributed by atoms with Crippen molar-refractivity contribution in [1.29, 1.82) is 0 Å². The molecule has 4 nitrogen and oxygen atoms in total. The molecule has 0 aliphatic rings. The third kappa shape index (κ3) is 2.74. The number of carbonyl (C=O) groups excluding carboxylic acids is 1. The van der Waals surface area contributed by atoms with Crippen LogP contribution in [0.3, 0.4) is 0 Å². The van der Waals surface area contributed by atoms with E-state index < -0.39 is 0 Å². The van der Waals surface area contributed by atoms with Gasteiger partial charge in [0.2, 0.25) is 0 Å². The van der Waals surface area contributed by atoms with Crippen LogP contribution >= 0.6 is 0 Å². The first-order valence-corrected chi connectivity index (χ1v) is 3.89. The number of H-pyrrole nitrogens is 1. The largest absolute Gasteiger partial charge is 0.465 e. The van der Waals surface area contributed by atoms with E-state index in [2.05, 4.69) is 16.2 Å². The SMILES string of the molecule is CCCOC(=O)Cc1n[c]c[nH]1. The number of carbonyl (C=O) groups is 1. The van der Waals surface area contributed by atoms with E-state index >= 15 is 0 Å².